The molecule has 1 saturated heterocycles. The molecular weight excluding hydrogens is 364 g/mol. The van der Waals surface area contributed by atoms with Crippen molar-refractivity contribution >= 4 is 11.8 Å². The molecule has 0 radical (unpaired) electrons. The van der Waals surface area contributed by atoms with Gasteiger partial charge in [-0.05, 0) is 68.1 Å². The van der Waals surface area contributed by atoms with Gasteiger partial charge in [-0.15, -0.1) is 0 Å². The molecule has 2 amide bonds. The van der Waals surface area contributed by atoms with Crippen molar-refractivity contribution in [3.63, 3.8) is 0 Å². The standard InChI is InChI=1S/C24H34N2O3/c1-3-6-21(27)25-19-7-4-14-26(15-19)22(28)24(16-23(17-24)12-5-13-23)18-8-10-20(29-2)11-9-18/h8-11,19H,3-7,12-17H2,1-2H3,(H,25,27)/t19-/m0/s1. The molecule has 2 aliphatic carbocycles. The molecule has 0 bridgehead atoms. The SMILES string of the molecule is CCCC(=O)N[C@H]1CCCN(C(=O)C2(c3ccc(OC)cc3)CC3(CCC3)C2)C1. The Bertz CT molecular complexity index is 746. The summed E-state index contributed by atoms with van der Waals surface area (Å²) in [5.74, 6) is 1.19. The second-order valence-corrected chi connectivity index (χ2v) is 9.43. The zero-order valence-electron chi connectivity index (χ0n) is 17.8. The zero-order chi connectivity index (χ0) is 20.5. The summed E-state index contributed by atoms with van der Waals surface area (Å²) in [5.41, 5.74) is 1.11. The van der Waals surface area contributed by atoms with Gasteiger partial charge in [0, 0.05) is 25.6 Å². The minimum atomic E-state index is -0.401. The van der Waals surface area contributed by atoms with Gasteiger partial charge < -0.3 is 15.0 Å². The second-order valence-electron chi connectivity index (χ2n) is 9.43. The smallest absolute Gasteiger partial charge is 0.233 e. The number of benzene rings is 1. The molecule has 0 unspecified atom stereocenters. The topological polar surface area (TPSA) is 58.6 Å². The fraction of sp³-hybridized carbons (Fsp3) is 0.667. The van der Waals surface area contributed by atoms with E-state index in [4.69, 9.17) is 4.74 Å². The van der Waals surface area contributed by atoms with E-state index in [2.05, 4.69) is 17.4 Å². The maximum absolute atomic E-state index is 13.8. The van der Waals surface area contributed by atoms with E-state index in [1.54, 1.807) is 7.11 Å². The molecule has 3 aliphatic rings. The molecule has 1 N–H and O–H groups in total. The summed E-state index contributed by atoms with van der Waals surface area (Å²) in [6.07, 6.45) is 9.06. The number of ether oxygens (including phenoxy) is 1. The highest BCUT2D eigenvalue weighted by molar-refractivity contribution is 5.90. The van der Waals surface area contributed by atoms with Crippen LogP contribution in [0.3, 0.4) is 0 Å². The molecule has 29 heavy (non-hydrogen) atoms. The minimum absolute atomic E-state index is 0.0809. The third kappa shape index (κ3) is 3.76. The van der Waals surface area contributed by atoms with Gasteiger partial charge in [0.2, 0.25) is 11.8 Å². The van der Waals surface area contributed by atoms with E-state index in [-0.39, 0.29) is 17.9 Å². The van der Waals surface area contributed by atoms with Gasteiger partial charge in [0.1, 0.15) is 5.75 Å². The van der Waals surface area contributed by atoms with E-state index in [0.717, 1.165) is 50.0 Å². The van der Waals surface area contributed by atoms with Crippen molar-refractivity contribution < 1.29 is 14.3 Å². The monoisotopic (exact) mass is 398 g/mol. The van der Waals surface area contributed by atoms with Gasteiger partial charge in [0.15, 0.2) is 0 Å². The van der Waals surface area contributed by atoms with Gasteiger partial charge in [-0.3, -0.25) is 9.59 Å². The predicted octanol–water partition coefficient (Wildman–Crippen LogP) is 3.80. The van der Waals surface area contributed by atoms with Crippen LogP contribution in [0.25, 0.3) is 0 Å². The van der Waals surface area contributed by atoms with Gasteiger partial charge in [-0.1, -0.05) is 25.5 Å². The summed E-state index contributed by atoms with van der Waals surface area (Å²) < 4.78 is 5.32. The summed E-state index contributed by atoms with van der Waals surface area (Å²) in [5, 5.41) is 3.14. The van der Waals surface area contributed by atoms with Crippen LogP contribution in [0.4, 0.5) is 0 Å². The van der Waals surface area contributed by atoms with Crippen molar-refractivity contribution in [3.8, 4) is 5.75 Å². The first-order valence-electron chi connectivity index (χ1n) is 11.2. The van der Waals surface area contributed by atoms with E-state index in [0.29, 0.717) is 18.4 Å². The number of amides is 2. The summed E-state index contributed by atoms with van der Waals surface area (Å²) in [6, 6.07) is 8.18. The van der Waals surface area contributed by atoms with E-state index in [1.807, 2.05) is 24.0 Å². The minimum Gasteiger partial charge on any atom is -0.497 e. The van der Waals surface area contributed by atoms with Crippen molar-refractivity contribution in [2.75, 3.05) is 20.2 Å². The Morgan fingerprint density at radius 2 is 1.90 bits per heavy atom. The molecule has 1 aromatic carbocycles. The highest BCUT2D eigenvalue weighted by Gasteiger charge is 2.62. The molecule has 0 aromatic heterocycles. The Labute approximate surface area is 174 Å². The number of rotatable bonds is 6. The van der Waals surface area contributed by atoms with E-state index in [1.165, 1.54) is 19.3 Å². The Kier molecular flexibility index (Phi) is 5.58. The van der Waals surface area contributed by atoms with Crippen LogP contribution in [0.2, 0.25) is 0 Å². The molecule has 5 heteroatoms. The first kappa shape index (κ1) is 20.2. The molecule has 1 aromatic rings. The molecule has 1 spiro atoms. The number of nitrogens with one attached hydrogen (secondary N) is 1. The number of carbonyl (C=O) groups is 2. The predicted molar refractivity (Wildman–Crippen MR) is 113 cm³/mol. The first-order valence-corrected chi connectivity index (χ1v) is 11.2. The highest BCUT2D eigenvalue weighted by atomic mass is 16.5. The molecule has 3 fully saturated rings. The Hall–Kier alpha value is -2.04. The summed E-state index contributed by atoms with van der Waals surface area (Å²) >= 11 is 0. The number of methoxy groups -OCH3 is 1. The van der Waals surface area contributed by atoms with Gasteiger partial charge in [0.25, 0.3) is 0 Å². The Morgan fingerprint density at radius 3 is 2.48 bits per heavy atom. The second kappa shape index (κ2) is 8.00. The van der Waals surface area contributed by atoms with Crippen LogP contribution in [0.1, 0.15) is 70.3 Å². The van der Waals surface area contributed by atoms with Crippen molar-refractivity contribution in [1.82, 2.24) is 10.2 Å². The van der Waals surface area contributed by atoms with Crippen LogP contribution in [0.5, 0.6) is 5.75 Å². The lowest BCUT2D eigenvalue weighted by atomic mass is 9.43. The first-order chi connectivity index (χ1) is 14.0. The fourth-order valence-electron chi connectivity index (χ4n) is 5.76. The molecule has 1 heterocycles. The number of carbonyl (C=O) groups excluding carboxylic acids is 2. The number of hydrogen-bond acceptors (Lipinski definition) is 3. The number of piperidine rings is 1. The van der Waals surface area contributed by atoms with Gasteiger partial charge >= 0.3 is 0 Å². The largest absolute Gasteiger partial charge is 0.497 e. The van der Waals surface area contributed by atoms with Crippen LogP contribution in [0.15, 0.2) is 24.3 Å². The zero-order valence-corrected chi connectivity index (χ0v) is 17.8. The lowest BCUT2D eigenvalue weighted by Gasteiger charge is -2.61. The third-order valence-corrected chi connectivity index (χ3v) is 7.37. The van der Waals surface area contributed by atoms with Crippen molar-refractivity contribution in [1.29, 1.82) is 0 Å². The van der Waals surface area contributed by atoms with Crippen LogP contribution < -0.4 is 10.1 Å². The Balaban J connectivity index is 1.51. The summed E-state index contributed by atoms with van der Waals surface area (Å²) in [4.78, 5) is 27.9. The summed E-state index contributed by atoms with van der Waals surface area (Å²) in [6.45, 7) is 3.45. The molecule has 1 aliphatic heterocycles. The maximum Gasteiger partial charge on any atom is 0.233 e. The number of nitrogens with zero attached hydrogens (tertiary/aromatic N) is 1. The van der Waals surface area contributed by atoms with Crippen LogP contribution in [-0.4, -0.2) is 43.0 Å². The van der Waals surface area contributed by atoms with Crippen LogP contribution >= 0.6 is 0 Å². The normalized spacial score (nSPS) is 24.3. The molecule has 4 rings (SSSR count). The van der Waals surface area contributed by atoms with E-state index < -0.39 is 5.41 Å². The quantitative estimate of drug-likeness (QED) is 0.793. The van der Waals surface area contributed by atoms with Crippen molar-refractivity contribution in [2.45, 2.75) is 76.2 Å². The van der Waals surface area contributed by atoms with Crippen molar-refractivity contribution in [3.05, 3.63) is 29.8 Å². The Morgan fingerprint density at radius 1 is 1.17 bits per heavy atom. The molecule has 158 valence electrons. The number of likely N-dealkylation sites (tertiary alicyclic amines) is 1. The van der Waals surface area contributed by atoms with Crippen LogP contribution in [0, 0.1) is 5.41 Å². The van der Waals surface area contributed by atoms with Crippen molar-refractivity contribution in [2.24, 2.45) is 5.41 Å². The highest BCUT2D eigenvalue weighted by Crippen LogP contribution is 2.65. The lowest BCUT2D eigenvalue weighted by molar-refractivity contribution is -0.155. The molecule has 2 saturated carbocycles. The molecule has 5 nitrogen and oxygen atoms in total. The maximum atomic E-state index is 13.8. The fourth-order valence-corrected chi connectivity index (χ4v) is 5.76. The lowest BCUT2D eigenvalue weighted by Crippen LogP contribution is -2.63. The summed E-state index contributed by atoms with van der Waals surface area (Å²) in [7, 11) is 1.67. The average molecular weight is 399 g/mol. The van der Waals surface area contributed by atoms with E-state index in [9.17, 15) is 9.59 Å². The van der Waals surface area contributed by atoms with Gasteiger partial charge in [-0.2, -0.15) is 0 Å². The molecular formula is C24H34N2O3. The van der Waals surface area contributed by atoms with Gasteiger partial charge in [-0.25, -0.2) is 0 Å². The molecule has 1 atom stereocenters. The average Bonchev–Trinajstić information content (AvgIpc) is 2.67. The third-order valence-electron chi connectivity index (χ3n) is 7.37. The van der Waals surface area contributed by atoms with Crippen LogP contribution in [-0.2, 0) is 15.0 Å². The number of hydrogen-bond donors (Lipinski definition) is 1. The van der Waals surface area contributed by atoms with E-state index >= 15 is 0 Å². The van der Waals surface area contributed by atoms with Gasteiger partial charge in [0.05, 0.1) is 12.5 Å².